The summed E-state index contributed by atoms with van der Waals surface area (Å²) in [5.41, 5.74) is 1.81. The maximum Gasteiger partial charge on any atom is 0.524 e. The lowest BCUT2D eigenvalue weighted by atomic mass is 9.96. The fourth-order valence-electron chi connectivity index (χ4n) is 3.21. The molecule has 7 heteroatoms. The molecule has 0 aliphatic carbocycles. The lowest BCUT2D eigenvalue weighted by Gasteiger charge is -2.23. The van der Waals surface area contributed by atoms with Gasteiger partial charge >= 0.3 is 7.82 Å². The predicted molar refractivity (Wildman–Crippen MR) is 92.0 cm³/mol. The van der Waals surface area contributed by atoms with Gasteiger partial charge in [0, 0.05) is 23.7 Å². The van der Waals surface area contributed by atoms with Crippen molar-refractivity contribution in [3.05, 3.63) is 23.8 Å². The number of rotatable bonds is 9. The highest BCUT2D eigenvalue weighted by molar-refractivity contribution is 7.46. The van der Waals surface area contributed by atoms with E-state index in [4.69, 9.17) is 14.3 Å². The summed E-state index contributed by atoms with van der Waals surface area (Å²) in [6, 6.07) is 5.31. The van der Waals surface area contributed by atoms with Gasteiger partial charge in [0.15, 0.2) is 0 Å². The maximum absolute atomic E-state index is 11.2. The average Bonchev–Trinajstić information content (AvgIpc) is 2.88. The number of nitrogens with one attached hydrogen (secondary N) is 1. The van der Waals surface area contributed by atoms with E-state index in [0.29, 0.717) is 5.75 Å². The Balaban J connectivity index is 2.09. The Morgan fingerprint density at radius 3 is 2.57 bits per heavy atom. The van der Waals surface area contributed by atoms with Gasteiger partial charge in [-0.2, -0.15) is 0 Å². The normalized spacial score (nSPS) is 17.2. The molecule has 1 heterocycles. The summed E-state index contributed by atoms with van der Waals surface area (Å²) in [7, 11) is -4.54. The van der Waals surface area contributed by atoms with Crippen molar-refractivity contribution in [3.8, 4) is 5.75 Å². The zero-order chi connectivity index (χ0) is 16.9. The van der Waals surface area contributed by atoms with Crippen molar-refractivity contribution >= 4 is 13.5 Å². The second-order valence-electron chi connectivity index (χ2n) is 6.01. The van der Waals surface area contributed by atoms with Gasteiger partial charge in [0.25, 0.3) is 0 Å². The van der Waals surface area contributed by atoms with Crippen molar-refractivity contribution in [1.82, 2.24) is 4.90 Å². The van der Waals surface area contributed by atoms with Crippen LogP contribution in [0, 0.1) is 0 Å². The van der Waals surface area contributed by atoms with Crippen molar-refractivity contribution in [3.63, 3.8) is 0 Å². The van der Waals surface area contributed by atoms with Gasteiger partial charge in [-0.1, -0.05) is 19.9 Å². The molecule has 6 nitrogen and oxygen atoms in total. The Morgan fingerprint density at radius 1 is 1.26 bits per heavy atom. The smallest absolute Gasteiger partial charge is 0.404 e. The average molecular weight is 342 g/mol. The summed E-state index contributed by atoms with van der Waals surface area (Å²) in [6.45, 7) is 8.30. The number of phosphoric ester groups is 1. The molecule has 0 saturated carbocycles. The van der Waals surface area contributed by atoms with Gasteiger partial charge in [-0.15, -0.1) is 0 Å². The molecule has 0 bridgehead atoms. The summed E-state index contributed by atoms with van der Waals surface area (Å²) < 4.78 is 16.1. The summed E-state index contributed by atoms with van der Waals surface area (Å²) >= 11 is 0. The highest BCUT2D eigenvalue weighted by Crippen LogP contribution is 2.46. The molecule has 1 unspecified atom stereocenters. The number of fused-ring (bicyclic) bond motifs is 1. The van der Waals surface area contributed by atoms with Gasteiger partial charge in [0.1, 0.15) is 5.75 Å². The number of phosphoric acid groups is 1. The third kappa shape index (κ3) is 5.21. The quantitative estimate of drug-likeness (QED) is 0.598. The molecular weight excluding hydrogens is 315 g/mol. The molecule has 1 aromatic rings. The van der Waals surface area contributed by atoms with Crippen molar-refractivity contribution in [2.45, 2.75) is 39.0 Å². The Bertz CT molecular complexity index is 555. The van der Waals surface area contributed by atoms with Crippen LogP contribution in [0.5, 0.6) is 5.75 Å². The number of nitrogens with zero attached hydrogens (tertiary/aromatic N) is 1. The van der Waals surface area contributed by atoms with Crippen molar-refractivity contribution in [2.75, 3.05) is 31.5 Å². The highest BCUT2D eigenvalue weighted by Gasteiger charge is 2.29. The zero-order valence-electron chi connectivity index (χ0n) is 13.9. The van der Waals surface area contributed by atoms with Crippen LogP contribution in [-0.2, 0) is 4.57 Å². The Hall–Kier alpha value is -1.07. The van der Waals surface area contributed by atoms with Crippen LogP contribution in [0.4, 0.5) is 5.69 Å². The van der Waals surface area contributed by atoms with Crippen LogP contribution in [0.1, 0.15) is 44.6 Å². The minimum atomic E-state index is -4.54. The minimum absolute atomic E-state index is 0.212. The first-order chi connectivity index (χ1) is 10.9. The van der Waals surface area contributed by atoms with Crippen LogP contribution in [-0.4, -0.2) is 40.9 Å². The molecule has 0 amide bonds. The SMILES string of the molecule is CCCN(CCC)CCC1CNc2cccc(OP(=O)(O)O)c21. The lowest BCUT2D eigenvalue weighted by molar-refractivity contribution is 0.263. The third-order valence-electron chi connectivity index (χ3n) is 4.10. The first-order valence-electron chi connectivity index (χ1n) is 8.28. The minimum Gasteiger partial charge on any atom is -0.404 e. The van der Waals surface area contributed by atoms with E-state index in [0.717, 1.165) is 56.7 Å². The largest absolute Gasteiger partial charge is 0.524 e. The second-order valence-corrected chi connectivity index (χ2v) is 7.17. The summed E-state index contributed by atoms with van der Waals surface area (Å²) in [5.74, 6) is 0.507. The van der Waals surface area contributed by atoms with Gasteiger partial charge in [-0.3, -0.25) is 9.79 Å². The predicted octanol–water partition coefficient (Wildman–Crippen LogP) is 3.18. The van der Waals surface area contributed by atoms with Gasteiger partial charge in [-0.05, 0) is 51.0 Å². The highest BCUT2D eigenvalue weighted by atomic mass is 31.2. The maximum atomic E-state index is 11.2. The van der Waals surface area contributed by atoms with Gasteiger partial charge in [0.05, 0.1) is 0 Å². The standard InChI is InChI=1S/C16H27N2O4P/c1-3-9-18(10-4-2)11-8-13-12-17-14-6-5-7-15(16(13)14)22-23(19,20)21/h5-7,13,17H,3-4,8-12H2,1-2H3,(H2,19,20,21). The molecule has 3 N–H and O–H groups in total. The molecule has 0 spiro atoms. The third-order valence-corrected chi connectivity index (χ3v) is 4.54. The molecule has 23 heavy (non-hydrogen) atoms. The van der Waals surface area contributed by atoms with Crippen molar-refractivity contribution < 1.29 is 18.9 Å². The Labute approximate surface area is 138 Å². The first-order valence-corrected chi connectivity index (χ1v) is 9.82. The number of hydrogen-bond acceptors (Lipinski definition) is 4. The lowest BCUT2D eigenvalue weighted by Crippen LogP contribution is -2.28. The van der Waals surface area contributed by atoms with Crippen molar-refractivity contribution in [1.29, 1.82) is 0 Å². The van der Waals surface area contributed by atoms with Crippen LogP contribution in [0.2, 0.25) is 0 Å². The molecule has 1 aliphatic rings. The Kier molecular flexibility index (Phi) is 6.48. The van der Waals surface area contributed by atoms with Crippen LogP contribution in [0.15, 0.2) is 18.2 Å². The van der Waals surface area contributed by atoms with E-state index in [1.165, 1.54) is 0 Å². The summed E-state index contributed by atoms with van der Waals surface area (Å²) in [4.78, 5) is 20.7. The van der Waals surface area contributed by atoms with Crippen LogP contribution in [0.3, 0.4) is 0 Å². The first kappa shape index (κ1) is 18.3. The van der Waals surface area contributed by atoms with Crippen molar-refractivity contribution in [2.24, 2.45) is 0 Å². The molecule has 0 fully saturated rings. The summed E-state index contributed by atoms with van der Waals surface area (Å²) in [5, 5.41) is 3.31. The van der Waals surface area contributed by atoms with E-state index in [2.05, 4.69) is 24.1 Å². The number of benzene rings is 1. The Morgan fingerprint density at radius 2 is 1.96 bits per heavy atom. The van der Waals surface area contributed by atoms with E-state index >= 15 is 0 Å². The number of anilines is 1. The van der Waals surface area contributed by atoms with E-state index in [1.807, 2.05) is 6.07 Å². The summed E-state index contributed by atoms with van der Waals surface area (Å²) in [6.07, 6.45) is 3.21. The fraction of sp³-hybridized carbons (Fsp3) is 0.625. The molecule has 2 rings (SSSR count). The topological polar surface area (TPSA) is 82.0 Å². The van der Waals surface area contributed by atoms with E-state index in [1.54, 1.807) is 12.1 Å². The van der Waals surface area contributed by atoms with Crippen LogP contribution in [0.25, 0.3) is 0 Å². The zero-order valence-corrected chi connectivity index (χ0v) is 14.8. The molecule has 1 aromatic carbocycles. The number of hydrogen-bond donors (Lipinski definition) is 3. The molecule has 0 saturated heterocycles. The monoisotopic (exact) mass is 342 g/mol. The van der Waals surface area contributed by atoms with Gasteiger partial charge in [-0.25, -0.2) is 4.57 Å². The van der Waals surface area contributed by atoms with E-state index < -0.39 is 7.82 Å². The molecular formula is C16H27N2O4P. The van der Waals surface area contributed by atoms with Crippen LogP contribution < -0.4 is 9.84 Å². The van der Waals surface area contributed by atoms with Crippen LogP contribution >= 0.6 is 7.82 Å². The van der Waals surface area contributed by atoms with Gasteiger partial charge in [0.2, 0.25) is 0 Å². The van der Waals surface area contributed by atoms with Gasteiger partial charge < -0.3 is 14.7 Å². The molecule has 1 atom stereocenters. The molecule has 1 aliphatic heterocycles. The molecule has 0 radical (unpaired) electrons. The molecule has 0 aromatic heterocycles. The molecule has 130 valence electrons. The fourth-order valence-corrected chi connectivity index (χ4v) is 3.63. The second kappa shape index (κ2) is 8.15. The van der Waals surface area contributed by atoms with E-state index in [-0.39, 0.29) is 5.92 Å². The van der Waals surface area contributed by atoms with E-state index in [9.17, 15) is 4.57 Å².